The van der Waals surface area contributed by atoms with Crippen LogP contribution in [0.4, 0.5) is 0 Å². The number of aryl methyl sites for hydroxylation is 1. The Morgan fingerprint density at radius 1 is 1.38 bits per heavy atom. The van der Waals surface area contributed by atoms with E-state index in [1.807, 2.05) is 11.0 Å². The zero-order valence-electron chi connectivity index (χ0n) is 13.0. The summed E-state index contributed by atoms with van der Waals surface area (Å²) in [6.07, 6.45) is 3.11. The van der Waals surface area contributed by atoms with Gasteiger partial charge in [-0.2, -0.15) is 0 Å². The van der Waals surface area contributed by atoms with E-state index in [1.54, 1.807) is 13.8 Å². The summed E-state index contributed by atoms with van der Waals surface area (Å²) < 4.78 is 5.88. The molecule has 1 heterocycles. The summed E-state index contributed by atoms with van der Waals surface area (Å²) in [6, 6.07) is 10.4. The molecule has 1 aromatic carbocycles. The third-order valence-electron chi connectivity index (χ3n) is 3.79. The molecule has 0 spiro atoms. The second-order valence-corrected chi connectivity index (χ2v) is 6.34. The van der Waals surface area contributed by atoms with Crippen LogP contribution in [-0.4, -0.2) is 42.1 Å². The third kappa shape index (κ3) is 4.83. The molecule has 116 valence electrons. The van der Waals surface area contributed by atoms with E-state index in [4.69, 9.17) is 10.5 Å². The van der Waals surface area contributed by atoms with Gasteiger partial charge < -0.3 is 15.4 Å². The minimum atomic E-state index is -0.789. The molecule has 0 radical (unpaired) electrons. The van der Waals surface area contributed by atoms with Gasteiger partial charge in [0.25, 0.3) is 0 Å². The molecule has 1 aliphatic rings. The molecule has 1 saturated heterocycles. The van der Waals surface area contributed by atoms with Gasteiger partial charge in [-0.15, -0.1) is 0 Å². The molecule has 1 atom stereocenters. The number of rotatable bonds is 6. The molecule has 1 aromatic rings. The highest BCUT2D eigenvalue weighted by atomic mass is 16.5. The van der Waals surface area contributed by atoms with Crippen LogP contribution in [0.1, 0.15) is 32.3 Å². The lowest BCUT2D eigenvalue weighted by Gasteiger charge is -2.25. The van der Waals surface area contributed by atoms with Crippen LogP contribution in [0.3, 0.4) is 0 Å². The van der Waals surface area contributed by atoms with Gasteiger partial charge in [0, 0.05) is 19.7 Å². The number of carbonyl (C=O) groups excluding carboxylic acids is 1. The van der Waals surface area contributed by atoms with Crippen molar-refractivity contribution < 1.29 is 9.53 Å². The van der Waals surface area contributed by atoms with Crippen LogP contribution in [-0.2, 0) is 16.0 Å². The van der Waals surface area contributed by atoms with E-state index in [1.165, 1.54) is 5.56 Å². The van der Waals surface area contributed by atoms with Crippen LogP contribution in [0, 0.1) is 0 Å². The molecule has 0 bridgehead atoms. The summed E-state index contributed by atoms with van der Waals surface area (Å²) in [5.41, 5.74) is 6.41. The molecule has 4 nitrogen and oxygen atoms in total. The normalized spacial score (nSPS) is 19.0. The van der Waals surface area contributed by atoms with Crippen LogP contribution in [0.5, 0.6) is 0 Å². The monoisotopic (exact) mass is 290 g/mol. The Hall–Kier alpha value is -1.39. The first-order valence-electron chi connectivity index (χ1n) is 7.70. The van der Waals surface area contributed by atoms with E-state index in [0.29, 0.717) is 6.54 Å². The Kier molecular flexibility index (Phi) is 5.37. The lowest BCUT2D eigenvalue weighted by Crippen LogP contribution is -2.50. The summed E-state index contributed by atoms with van der Waals surface area (Å²) in [4.78, 5) is 13.9. The predicted octanol–water partition coefficient (Wildman–Crippen LogP) is 1.97. The number of likely N-dealkylation sites (tertiary alicyclic amines) is 1. The molecule has 0 saturated carbocycles. The molecule has 1 fully saturated rings. The second kappa shape index (κ2) is 7.05. The maximum absolute atomic E-state index is 12.1. The number of hydrogen-bond acceptors (Lipinski definition) is 3. The smallest absolute Gasteiger partial charge is 0.242 e. The molecule has 21 heavy (non-hydrogen) atoms. The molecule has 1 unspecified atom stereocenters. The number of nitrogens with zero attached hydrogens (tertiary/aromatic N) is 1. The fourth-order valence-electron chi connectivity index (χ4n) is 2.63. The molecule has 4 heteroatoms. The van der Waals surface area contributed by atoms with E-state index in [-0.39, 0.29) is 12.0 Å². The Labute approximate surface area is 127 Å². The molecule has 1 aliphatic heterocycles. The topological polar surface area (TPSA) is 55.6 Å². The first kappa shape index (κ1) is 16.0. The van der Waals surface area contributed by atoms with Crippen LogP contribution in [0.25, 0.3) is 0 Å². The lowest BCUT2D eigenvalue weighted by atomic mass is 10.1. The summed E-state index contributed by atoms with van der Waals surface area (Å²) in [5, 5.41) is 0. The van der Waals surface area contributed by atoms with Gasteiger partial charge in [-0.25, -0.2) is 0 Å². The van der Waals surface area contributed by atoms with Gasteiger partial charge in [0.05, 0.1) is 11.6 Å². The Balaban J connectivity index is 1.66. The van der Waals surface area contributed by atoms with Gasteiger partial charge in [-0.1, -0.05) is 30.3 Å². The highest BCUT2D eigenvalue weighted by Crippen LogP contribution is 2.16. The number of nitrogens with two attached hydrogens (primary N) is 1. The highest BCUT2D eigenvalue weighted by molar-refractivity contribution is 5.85. The van der Waals surface area contributed by atoms with Gasteiger partial charge in [0.15, 0.2) is 0 Å². The average molecular weight is 290 g/mol. The SMILES string of the molecule is CC(C)(N)C(=O)N1CCC(OCCCc2ccccc2)C1. The van der Waals surface area contributed by atoms with Crippen LogP contribution in [0.15, 0.2) is 30.3 Å². The number of carbonyl (C=O) groups is 1. The van der Waals surface area contributed by atoms with Crippen molar-refractivity contribution in [2.75, 3.05) is 19.7 Å². The van der Waals surface area contributed by atoms with Crippen molar-refractivity contribution in [3.05, 3.63) is 35.9 Å². The number of ether oxygens (including phenoxy) is 1. The van der Waals surface area contributed by atoms with Crippen molar-refractivity contribution in [3.8, 4) is 0 Å². The van der Waals surface area contributed by atoms with E-state index >= 15 is 0 Å². The first-order valence-corrected chi connectivity index (χ1v) is 7.70. The Morgan fingerprint density at radius 2 is 2.10 bits per heavy atom. The Morgan fingerprint density at radius 3 is 2.76 bits per heavy atom. The summed E-state index contributed by atoms with van der Waals surface area (Å²) in [6.45, 7) is 5.67. The van der Waals surface area contributed by atoms with E-state index in [0.717, 1.165) is 32.4 Å². The molecular weight excluding hydrogens is 264 g/mol. The quantitative estimate of drug-likeness (QED) is 0.815. The second-order valence-electron chi connectivity index (χ2n) is 6.34. The minimum absolute atomic E-state index is 0.0119. The van der Waals surface area contributed by atoms with Crippen LogP contribution < -0.4 is 5.73 Å². The van der Waals surface area contributed by atoms with Crippen molar-refractivity contribution in [2.45, 2.75) is 44.8 Å². The number of benzene rings is 1. The number of amides is 1. The standard InChI is InChI=1S/C17H26N2O2/c1-17(2,18)16(20)19-11-10-15(13-19)21-12-6-9-14-7-4-3-5-8-14/h3-5,7-8,15H,6,9-13,18H2,1-2H3. The van der Waals surface area contributed by atoms with E-state index < -0.39 is 5.54 Å². The molecule has 0 aliphatic carbocycles. The first-order chi connectivity index (χ1) is 9.97. The fourth-order valence-corrected chi connectivity index (χ4v) is 2.63. The van der Waals surface area contributed by atoms with Crippen molar-refractivity contribution in [3.63, 3.8) is 0 Å². The summed E-state index contributed by atoms with van der Waals surface area (Å²) >= 11 is 0. The van der Waals surface area contributed by atoms with Gasteiger partial charge in [0.1, 0.15) is 0 Å². The minimum Gasteiger partial charge on any atom is -0.376 e. The average Bonchev–Trinajstić information content (AvgIpc) is 2.91. The van der Waals surface area contributed by atoms with Gasteiger partial charge in [-0.05, 0) is 38.7 Å². The van der Waals surface area contributed by atoms with Crippen LogP contribution in [0.2, 0.25) is 0 Å². The zero-order chi connectivity index (χ0) is 15.3. The molecule has 1 amide bonds. The highest BCUT2D eigenvalue weighted by Gasteiger charge is 2.33. The molecule has 0 aromatic heterocycles. The largest absolute Gasteiger partial charge is 0.376 e. The third-order valence-corrected chi connectivity index (χ3v) is 3.79. The van der Waals surface area contributed by atoms with Gasteiger partial charge in [0.2, 0.25) is 5.91 Å². The maximum Gasteiger partial charge on any atom is 0.242 e. The fraction of sp³-hybridized carbons (Fsp3) is 0.588. The zero-order valence-corrected chi connectivity index (χ0v) is 13.0. The van der Waals surface area contributed by atoms with E-state index in [9.17, 15) is 4.79 Å². The van der Waals surface area contributed by atoms with Gasteiger partial charge >= 0.3 is 0 Å². The maximum atomic E-state index is 12.1. The molecule has 2 rings (SSSR count). The van der Waals surface area contributed by atoms with E-state index in [2.05, 4.69) is 24.3 Å². The lowest BCUT2D eigenvalue weighted by molar-refractivity contribution is -0.135. The summed E-state index contributed by atoms with van der Waals surface area (Å²) in [7, 11) is 0. The van der Waals surface area contributed by atoms with Crippen molar-refractivity contribution in [2.24, 2.45) is 5.73 Å². The predicted molar refractivity (Wildman–Crippen MR) is 84.0 cm³/mol. The van der Waals surface area contributed by atoms with Crippen LogP contribution >= 0.6 is 0 Å². The number of hydrogen-bond donors (Lipinski definition) is 1. The van der Waals surface area contributed by atoms with Crippen molar-refractivity contribution >= 4 is 5.91 Å². The molecular formula is C17H26N2O2. The van der Waals surface area contributed by atoms with Crippen molar-refractivity contribution in [1.29, 1.82) is 0 Å². The summed E-state index contributed by atoms with van der Waals surface area (Å²) in [5.74, 6) is 0.0119. The van der Waals surface area contributed by atoms with Gasteiger partial charge in [-0.3, -0.25) is 4.79 Å². The molecule has 2 N–H and O–H groups in total. The van der Waals surface area contributed by atoms with Crippen molar-refractivity contribution in [1.82, 2.24) is 4.90 Å². The Bertz CT molecular complexity index is 454.